The second kappa shape index (κ2) is 7.58. The molecule has 120 valence electrons. The van der Waals surface area contributed by atoms with Crippen molar-refractivity contribution in [1.82, 2.24) is 14.9 Å². The Kier molecular flexibility index (Phi) is 5.52. The minimum absolute atomic E-state index is 0.137. The fourth-order valence-electron chi connectivity index (χ4n) is 2.45. The van der Waals surface area contributed by atoms with Crippen molar-refractivity contribution in [2.45, 2.75) is 33.4 Å². The number of nitrogens with one attached hydrogen (secondary N) is 1. The SMILES string of the molecule is C=CCc1nc(C)c(CNC(=O)C(=C)C)n1Cc1ccccc1. The number of nitrogens with zero attached hydrogens (tertiary/aromatic N) is 2. The van der Waals surface area contributed by atoms with Crippen molar-refractivity contribution >= 4 is 5.91 Å². The predicted octanol–water partition coefficient (Wildman–Crippen LogP) is 3.16. The van der Waals surface area contributed by atoms with Crippen LogP contribution in [-0.4, -0.2) is 15.5 Å². The summed E-state index contributed by atoms with van der Waals surface area (Å²) in [7, 11) is 0. The number of carbonyl (C=O) groups is 1. The number of hydrogen-bond donors (Lipinski definition) is 1. The average molecular weight is 309 g/mol. The molecule has 1 N–H and O–H groups in total. The first-order valence-corrected chi connectivity index (χ1v) is 7.66. The van der Waals surface area contributed by atoms with Crippen LogP contribution < -0.4 is 5.32 Å². The van der Waals surface area contributed by atoms with E-state index >= 15 is 0 Å². The molecule has 1 heterocycles. The van der Waals surface area contributed by atoms with Crippen LogP contribution >= 0.6 is 0 Å². The number of benzene rings is 1. The van der Waals surface area contributed by atoms with E-state index in [2.05, 4.69) is 40.2 Å². The van der Waals surface area contributed by atoms with Gasteiger partial charge in [-0.05, 0) is 19.4 Å². The molecule has 0 aliphatic heterocycles. The largest absolute Gasteiger partial charge is 0.347 e. The predicted molar refractivity (Wildman–Crippen MR) is 93.1 cm³/mol. The van der Waals surface area contributed by atoms with Gasteiger partial charge in [-0.25, -0.2) is 4.98 Å². The Bertz CT molecular complexity index is 714. The molecule has 4 heteroatoms. The summed E-state index contributed by atoms with van der Waals surface area (Å²) in [4.78, 5) is 16.4. The molecular formula is C19H23N3O. The molecule has 1 amide bonds. The molecule has 0 fully saturated rings. The first-order valence-electron chi connectivity index (χ1n) is 7.66. The molecule has 0 saturated heterocycles. The van der Waals surface area contributed by atoms with E-state index in [-0.39, 0.29) is 5.91 Å². The molecule has 0 atom stereocenters. The van der Waals surface area contributed by atoms with Crippen LogP contribution in [0.3, 0.4) is 0 Å². The number of hydrogen-bond acceptors (Lipinski definition) is 2. The van der Waals surface area contributed by atoms with Gasteiger partial charge in [-0.1, -0.05) is 43.0 Å². The van der Waals surface area contributed by atoms with Crippen molar-refractivity contribution in [3.63, 3.8) is 0 Å². The van der Waals surface area contributed by atoms with E-state index in [1.807, 2.05) is 31.2 Å². The highest BCUT2D eigenvalue weighted by Crippen LogP contribution is 2.15. The lowest BCUT2D eigenvalue weighted by atomic mass is 10.2. The van der Waals surface area contributed by atoms with Gasteiger partial charge in [-0.2, -0.15) is 0 Å². The minimum atomic E-state index is -0.137. The summed E-state index contributed by atoms with van der Waals surface area (Å²) >= 11 is 0. The van der Waals surface area contributed by atoms with Crippen LogP contribution in [-0.2, 0) is 24.3 Å². The first kappa shape index (κ1) is 16.7. The molecule has 0 bridgehead atoms. The van der Waals surface area contributed by atoms with Crippen molar-refractivity contribution < 1.29 is 4.79 Å². The first-order chi connectivity index (χ1) is 11.0. The van der Waals surface area contributed by atoms with Crippen molar-refractivity contribution in [2.75, 3.05) is 0 Å². The van der Waals surface area contributed by atoms with Crippen LogP contribution in [0.1, 0.15) is 29.7 Å². The molecule has 1 aromatic heterocycles. The second-order valence-electron chi connectivity index (χ2n) is 5.59. The van der Waals surface area contributed by atoms with Gasteiger partial charge in [0.2, 0.25) is 5.91 Å². The summed E-state index contributed by atoms with van der Waals surface area (Å²) in [5.74, 6) is 0.822. The Labute approximate surface area is 137 Å². The monoisotopic (exact) mass is 309 g/mol. The van der Waals surface area contributed by atoms with Crippen molar-refractivity contribution in [3.8, 4) is 0 Å². The highest BCUT2D eigenvalue weighted by atomic mass is 16.1. The van der Waals surface area contributed by atoms with Gasteiger partial charge < -0.3 is 9.88 Å². The Morgan fingerprint density at radius 1 is 1.35 bits per heavy atom. The Morgan fingerprint density at radius 2 is 2.04 bits per heavy atom. The molecule has 4 nitrogen and oxygen atoms in total. The number of allylic oxidation sites excluding steroid dienone is 1. The van der Waals surface area contributed by atoms with Crippen molar-refractivity contribution in [2.24, 2.45) is 0 Å². The highest BCUT2D eigenvalue weighted by molar-refractivity contribution is 5.91. The van der Waals surface area contributed by atoms with Gasteiger partial charge in [0, 0.05) is 18.5 Å². The average Bonchev–Trinajstić information content (AvgIpc) is 2.81. The number of carbonyl (C=O) groups excluding carboxylic acids is 1. The summed E-state index contributed by atoms with van der Waals surface area (Å²) in [6.07, 6.45) is 2.54. The topological polar surface area (TPSA) is 46.9 Å². The van der Waals surface area contributed by atoms with E-state index in [0.29, 0.717) is 18.5 Å². The summed E-state index contributed by atoms with van der Waals surface area (Å²) in [5.41, 5.74) is 3.64. The van der Waals surface area contributed by atoms with Crippen LogP contribution in [0.4, 0.5) is 0 Å². The number of amides is 1. The van der Waals surface area contributed by atoms with E-state index in [1.165, 1.54) is 5.56 Å². The van der Waals surface area contributed by atoms with Gasteiger partial charge in [0.1, 0.15) is 5.82 Å². The summed E-state index contributed by atoms with van der Waals surface area (Å²) in [5, 5.41) is 2.90. The maximum Gasteiger partial charge on any atom is 0.246 e. The van der Waals surface area contributed by atoms with Gasteiger partial charge in [0.05, 0.1) is 17.9 Å². The second-order valence-corrected chi connectivity index (χ2v) is 5.59. The van der Waals surface area contributed by atoms with Gasteiger partial charge >= 0.3 is 0 Å². The van der Waals surface area contributed by atoms with Crippen LogP contribution in [0.25, 0.3) is 0 Å². The lowest BCUT2D eigenvalue weighted by molar-refractivity contribution is -0.117. The number of aromatic nitrogens is 2. The lowest BCUT2D eigenvalue weighted by Gasteiger charge is -2.13. The van der Waals surface area contributed by atoms with Crippen LogP contribution in [0.2, 0.25) is 0 Å². The lowest BCUT2D eigenvalue weighted by Crippen LogP contribution is -2.25. The van der Waals surface area contributed by atoms with E-state index in [1.54, 1.807) is 6.92 Å². The van der Waals surface area contributed by atoms with Gasteiger partial charge in [0.15, 0.2) is 0 Å². The van der Waals surface area contributed by atoms with Gasteiger partial charge in [-0.15, -0.1) is 6.58 Å². The Hall–Kier alpha value is -2.62. The zero-order valence-electron chi connectivity index (χ0n) is 13.8. The summed E-state index contributed by atoms with van der Waals surface area (Å²) in [6.45, 7) is 12.3. The highest BCUT2D eigenvalue weighted by Gasteiger charge is 2.15. The molecule has 0 unspecified atom stereocenters. The summed E-state index contributed by atoms with van der Waals surface area (Å²) < 4.78 is 2.16. The van der Waals surface area contributed by atoms with Crippen LogP contribution in [0.5, 0.6) is 0 Å². The third kappa shape index (κ3) is 4.19. The fourth-order valence-corrected chi connectivity index (χ4v) is 2.45. The maximum atomic E-state index is 11.8. The van der Waals surface area contributed by atoms with Gasteiger partial charge in [0.25, 0.3) is 0 Å². The van der Waals surface area contributed by atoms with Crippen LogP contribution in [0.15, 0.2) is 55.1 Å². The normalized spacial score (nSPS) is 10.3. The van der Waals surface area contributed by atoms with E-state index in [0.717, 1.165) is 23.8 Å². The van der Waals surface area contributed by atoms with E-state index < -0.39 is 0 Å². The molecule has 0 saturated carbocycles. The molecule has 0 aliphatic rings. The van der Waals surface area contributed by atoms with E-state index in [4.69, 9.17) is 0 Å². The van der Waals surface area contributed by atoms with Crippen molar-refractivity contribution in [1.29, 1.82) is 0 Å². The molecule has 0 radical (unpaired) electrons. The minimum Gasteiger partial charge on any atom is -0.347 e. The molecule has 0 spiro atoms. The van der Waals surface area contributed by atoms with E-state index in [9.17, 15) is 4.79 Å². The standard InChI is InChI=1S/C19H23N3O/c1-5-9-18-21-15(4)17(12-20-19(23)14(2)3)22(18)13-16-10-7-6-8-11-16/h5-8,10-11H,1-2,9,12-13H2,3-4H3,(H,20,23). The Balaban J connectivity index is 2.30. The maximum absolute atomic E-state index is 11.8. The van der Waals surface area contributed by atoms with Gasteiger partial charge in [-0.3, -0.25) is 4.79 Å². The molecule has 0 aliphatic carbocycles. The van der Waals surface area contributed by atoms with Crippen molar-refractivity contribution in [3.05, 3.63) is 77.9 Å². The zero-order valence-corrected chi connectivity index (χ0v) is 13.8. The fraction of sp³-hybridized carbons (Fsp3) is 0.263. The number of aryl methyl sites for hydroxylation is 1. The third-order valence-corrected chi connectivity index (χ3v) is 3.67. The number of imidazole rings is 1. The molecule has 2 aromatic rings. The third-order valence-electron chi connectivity index (χ3n) is 3.67. The quantitative estimate of drug-likeness (QED) is 0.631. The number of rotatable bonds is 7. The summed E-state index contributed by atoms with van der Waals surface area (Å²) in [6, 6.07) is 10.2. The molecular weight excluding hydrogens is 286 g/mol. The smallest absolute Gasteiger partial charge is 0.246 e. The zero-order chi connectivity index (χ0) is 16.8. The molecule has 23 heavy (non-hydrogen) atoms. The molecule has 1 aromatic carbocycles. The van der Waals surface area contributed by atoms with Crippen LogP contribution in [0, 0.1) is 6.92 Å². The molecule has 2 rings (SSSR count). The Morgan fingerprint density at radius 3 is 2.65 bits per heavy atom.